The summed E-state index contributed by atoms with van der Waals surface area (Å²) in [6.45, 7) is 10.4. The van der Waals surface area contributed by atoms with E-state index in [1.807, 2.05) is 6.92 Å². The van der Waals surface area contributed by atoms with Gasteiger partial charge in [0.15, 0.2) is 25.2 Å². The zero-order valence-corrected chi connectivity index (χ0v) is 40.5. The molecule has 0 unspecified atom stereocenters. The van der Waals surface area contributed by atoms with E-state index in [1.54, 1.807) is 13.8 Å². The average molecular weight is 985 g/mol. The first-order valence-electron chi connectivity index (χ1n) is 25.3. The summed E-state index contributed by atoms with van der Waals surface area (Å²) < 4.78 is 60.1. The fourth-order valence-corrected chi connectivity index (χ4v) is 14.7. The van der Waals surface area contributed by atoms with E-state index in [2.05, 4.69) is 13.8 Å². The van der Waals surface area contributed by atoms with Crippen LogP contribution in [0.4, 0.5) is 0 Å². The lowest BCUT2D eigenvalue weighted by atomic mass is 9.43. The van der Waals surface area contributed by atoms with Crippen molar-refractivity contribution >= 4 is 11.9 Å². The summed E-state index contributed by atoms with van der Waals surface area (Å²) in [7, 11) is 0. The van der Waals surface area contributed by atoms with Crippen molar-refractivity contribution in [2.45, 2.75) is 234 Å². The Morgan fingerprint density at radius 1 is 0.710 bits per heavy atom. The maximum absolute atomic E-state index is 12.6. The molecule has 9 rings (SSSR count). The lowest BCUT2D eigenvalue weighted by Crippen LogP contribution is -2.62. The van der Waals surface area contributed by atoms with E-state index in [-0.39, 0.29) is 55.2 Å². The van der Waals surface area contributed by atoms with Crippen molar-refractivity contribution in [3.63, 3.8) is 0 Å². The Balaban J connectivity index is 0.749. The maximum atomic E-state index is 12.6. The van der Waals surface area contributed by atoms with Crippen LogP contribution in [-0.2, 0) is 57.0 Å². The molecule has 0 radical (unpaired) electrons. The molecule has 4 saturated carbocycles. The number of carbonyl (C=O) groups excluding carboxylic acids is 2. The van der Waals surface area contributed by atoms with Gasteiger partial charge in [0.1, 0.15) is 55.4 Å². The van der Waals surface area contributed by atoms with Crippen molar-refractivity contribution in [2.75, 3.05) is 13.2 Å². The summed E-state index contributed by atoms with van der Waals surface area (Å²) in [6, 6.07) is 0. The van der Waals surface area contributed by atoms with Gasteiger partial charge in [-0.05, 0) is 94.5 Å². The number of esters is 2. The first-order valence-corrected chi connectivity index (χ1v) is 25.3. The van der Waals surface area contributed by atoms with Crippen LogP contribution >= 0.6 is 0 Å². The standard InChI is InChI=1S/C49H76O20/c1-21-43(67-37-16-31(53)44(22(2)62-37)68-38-17-33(64-24(4)51)45(23(3)63-38)69-46-42(58)41(57)40(56)34(19-50)66-46)30(52)15-36(61-21)65-27-9-11-47(5)26(14-27)7-8-29-28(47)10-12-48(6)39(25-13-35(55)60-20-25)32(54)18-49(29,48)59/h13,21-23,26-34,36-46,50,52-54,56-59H,7-12,14-20H2,1-6H3/t21-,22-,23-,26+,27+,28-,29+,30+,31+,32+,33+,34+,36-,37-,38-,39-,40+,41-,42+,43+,44+,45+,46-,47-,48+,49+/m1/s1. The molecular formula is C49H76O20. The largest absolute Gasteiger partial charge is 0.459 e. The summed E-state index contributed by atoms with van der Waals surface area (Å²) in [5.41, 5.74) is -0.809. The van der Waals surface area contributed by atoms with Crippen molar-refractivity contribution in [2.24, 2.45) is 34.5 Å². The zero-order chi connectivity index (χ0) is 49.5. The van der Waals surface area contributed by atoms with E-state index in [9.17, 15) is 50.4 Å². The Morgan fingerprint density at radius 2 is 1.33 bits per heavy atom. The average Bonchev–Trinajstić information content (AvgIpc) is 3.79. The van der Waals surface area contributed by atoms with Crippen molar-refractivity contribution in [1.82, 2.24) is 0 Å². The second-order valence-corrected chi connectivity index (χ2v) is 22.3. The molecular weight excluding hydrogens is 909 g/mol. The van der Waals surface area contributed by atoms with Gasteiger partial charge in [0.2, 0.25) is 0 Å². The Labute approximate surface area is 402 Å². The van der Waals surface area contributed by atoms with Gasteiger partial charge in [-0.2, -0.15) is 0 Å². The monoisotopic (exact) mass is 984 g/mol. The van der Waals surface area contributed by atoms with Gasteiger partial charge in [-0.1, -0.05) is 13.8 Å². The summed E-state index contributed by atoms with van der Waals surface area (Å²) in [6.07, 6.45) is -10.8. The highest BCUT2D eigenvalue weighted by molar-refractivity contribution is 5.85. The third-order valence-electron chi connectivity index (χ3n) is 18.2. The predicted octanol–water partition coefficient (Wildman–Crippen LogP) is 0.613. The van der Waals surface area contributed by atoms with E-state index in [4.69, 9.17) is 47.4 Å². The van der Waals surface area contributed by atoms with Gasteiger partial charge in [-0.25, -0.2) is 4.79 Å². The number of fused-ring (bicyclic) bond motifs is 5. The molecule has 392 valence electrons. The van der Waals surface area contributed by atoms with Crippen LogP contribution < -0.4 is 0 Å². The number of hydrogen-bond donors (Lipinski definition) is 8. The smallest absolute Gasteiger partial charge is 0.331 e. The number of ether oxygens (including phenoxy) is 10. The van der Waals surface area contributed by atoms with Crippen LogP contribution in [0.25, 0.3) is 0 Å². The molecule has 0 bridgehead atoms. The quantitative estimate of drug-likeness (QED) is 0.104. The number of rotatable bonds is 11. The minimum atomic E-state index is -1.68. The lowest BCUT2D eigenvalue weighted by molar-refractivity contribution is -0.355. The second kappa shape index (κ2) is 20.0. The minimum Gasteiger partial charge on any atom is -0.459 e. The normalized spacial score (nSPS) is 53.3. The molecule has 0 aromatic rings. The summed E-state index contributed by atoms with van der Waals surface area (Å²) in [5.74, 6) is -0.609. The van der Waals surface area contributed by atoms with Gasteiger partial charge >= 0.3 is 11.9 Å². The van der Waals surface area contributed by atoms with E-state index < -0.39 is 134 Å². The Bertz CT molecular complexity index is 1850. The van der Waals surface area contributed by atoms with Crippen molar-refractivity contribution in [3.05, 3.63) is 11.6 Å². The summed E-state index contributed by atoms with van der Waals surface area (Å²) in [4.78, 5) is 24.2. The maximum Gasteiger partial charge on any atom is 0.331 e. The van der Waals surface area contributed by atoms with Gasteiger partial charge in [-0.15, -0.1) is 0 Å². The van der Waals surface area contributed by atoms with Crippen LogP contribution in [0.5, 0.6) is 0 Å². The summed E-state index contributed by atoms with van der Waals surface area (Å²) >= 11 is 0. The Morgan fingerprint density at radius 3 is 1.93 bits per heavy atom. The van der Waals surface area contributed by atoms with Crippen LogP contribution in [0.3, 0.4) is 0 Å². The molecule has 4 aliphatic carbocycles. The predicted molar refractivity (Wildman–Crippen MR) is 235 cm³/mol. The number of hydrogen-bond acceptors (Lipinski definition) is 20. The third kappa shape index (κ3) is 9.59. The highest BCUT2D eigenvalue weighted by atomic mass is 16.8. The molecule has 20 nitrogen and oxygen atoms in total. The van der Waals surface area contributed by atoms with Gasteiger partial charge < -0.3 is 88.2 Å². The molecule has 0 aromatic heterocycles. The van der Waals surface area contributed by atoms with Crippen LogP contribution in [0.1, 0.15) is 112 Å². The first-order chi connectivity index (χ1) is 32.6. The fraction of sp³-hybridized carbons (Fsp3) is 0.918. The molecule has 4 saturated heterocycles. The third-order valence-corrected chi connectivity index (χ3v) is 18.2. The van der Waals surface area contributed by atoms with E-state index in [1.165, 1.54) is 13.0 Å². The van der Waals surface area contributed by atoms with Crippen molar-refractivity contribution in [1.29, 1.82) is 0 Å². The van der Waals surface area contributed by atoms with Crippen LogP contribution in [0, 0.1) is 34.5 Å². The summed E-state index contributed by atoms with van der Waals surface area (Å²) in [5, 5.41) is 87.5. The van der Waals surface area contributed by atoms with Crippen molar-refractivity contribution in [3.8, 4) is 0 Å². The Kier molecular flexibility index (Phi) is 15.1. The highest BCUT2D eigenvalue weighted by Crippen LogP contribution is 2.70. The molecule has 5 heterocycles. The molecule has 0 spiro atoms. The SMILES string of the molecule is CC(=O)O[C@H]1C[C@@H](O[C@@H]2[C@@H](O)C[C@@H](O[C@@H]3[C@@H](O)C[C@@H](O[C@H]4CC[C@]5(C)[C@@H](CC[C@H]6[C@H]5CC[C@@]5(C)[C@H](C7=CC(=O)OC7)[C@@H](O)C[C@]65O)C4)O[C@@H]3C)O[C@@H]2C)O[C@H](C)[C@@H]1O[C@H]1O[C@@H](CO)[C@H](O)[C@@H](O)[C@@H]1O. The molecule has 0 amide bonds. The minimum absolute atomic E-state index is 0.000687. The number of aliphatic hydroxyl groups excluding tert-OH is 7. The number of cyclic esters (lactones) is 1. The zero-order valence-electron chi connectivity index (χ0n) is 40.5. The Hall–Kier alpha value is -1.96. The first kappa shape index (κ1) is 51.9. The molecule has 8 N–H and O–H groups in total. The molecule has 9 aliphatic rings. The van der Waals surface area contributed by atoms with Gasteiger partial charge in [0.05, 0.1) is 54.9 Å². The topological polar surface area (TPSA) is 288 Å². The number of aliphatic hydroxyl groups is 8. The molecule has 5 aliphatic heterocycles. The number of carbonyl (C=O) groups is 2. The molecule has 8 fully saturated rings. The molecule has 69 heavy (non-hydrogen) atoms. The lowest BCUT2D eigenvalue weighted by Gasteiger charge is -2.63. The van der Waals surface area contributed by atoms with Crippen LogP contribution in [0.15, 0.2) is 11.6 Å². The second-order valence-electron chi connectivity index (χ2n) is 22.3. The fourth-order valence-electron chi connectivity index (χ4n) is 14.7. The molecule has 20 heteroatoms. The molecule has 0 aromatic carbocycles. The van der Waals surface area contributed by atoms with Gasteiger partial charge in [0.25, 0.3) is 0 Å². The van der Waals surface area contributed by atoms with Gasteiger partial charge in [0, 0.05) is 50.0 Å². The van der Waals surface area contributed by atoms with Crippen molar-refractivity contribution < 1.29 is 97.8 Å². The van der Waals surface area contributed by atoms with Gasteiger partial charge in [-0.3, -0.25) is 4.79 Å². The van der Waals surface area contributed by atoms with E-state index in [0.29, 0.717) is 18.3 Å². The van der Waals surface area contributed by atoms with Crippen LogP contribution in [0.2, 0.25) is 0 Å². The van der Waals surface area contributed by atoms with E-state index in [0.717, 1.165) is 50.5 Å². The molecule has 26 atom stereocenters. The van der Waals surface area contributed by atoms with E-state index >= 15 is 0 Å². The van der Waals surface area contributed by atoms with Crippen LogP contribution in [-0.4, -0.2) is 188 Å². The highest BCUT2D eigenvalue weighted by Gasteiger charge is 2.70.